The second-order valence-corrected chi connectivity index (χ2v) is 6.54. The molecule has 10 heteroatoms. The van der Waals surface area contributed by atoms with Crippen LogP contribution >= 0.6 is 0 Å². The van der Waals surface area contributed by atoms with Crippen molar-refractivity contribution in [2.24, 2.45) is 0 Å². The molecule has 4 rings (SSSR count). The summed E-state index contributed by atoms with van der Waals surface area (Å²) >= 11 is 0. The molecule has 0 unspecified atom stereocenters. The van der Waals surface area contributed by atoms with Crippen LogP contribution in [0.25, 0.3) is 11.4 Å². The first-order valence-corrected chi connectivity index (χ1v) is 8.71. The molecule has 2 N–H and O–H groups in total. The minimum atomic E-state index is -1.00. The monoisotopic (exact) mass is 373 g/mol. The van der Waals surface area contributed by atoms with E-state index in [1.807, 2.05) is 30.3 Å². The van der Waals surface area contributed by atoms with Gasteiger partial charge >= 0.3 is 5.97 Å². The van der Waals surface area contributed by atoms with Crippen molar-refractivity contribution in [2.45, 2.75) is 37.1 Å². The number of carboxylic acids is 1. The molecule has 0 aliphatic carbocycles. The molecule has 2 fully saturated rings. The smallest absolute Gasteiger partial charge is 0.303 e. The number of carbonyl (C=O) groups excluding carboxylic acids is 1. The number of benzene rings is 1. The molecule has 2 saturated heterocycles. The Balaban J connectivity index is 1.45. The number of nitrogens with zero attached hydrogens (tertiary/aromatic N) is 4. The number of tetrazole rings is 1. The molecule has 2 aromatic rings. The van der Waals surface area contributed by atoms with E-state index in [2.05, 4.69) is 20.8 Å². The van der Waals surface area contributed by atoms with Gasteiger partial charge in [0, 0.05) is 12.0 Å². The average molecular weight is 373 g/mol. The Morgan fingerprint density at radius 3 is 2.70 bits per heavy atom. The molecule has 2 aliphatic heterocycles. The van der Waals surface area contributed by atoms with Crippen LogP contribution < -0.4 is 5.32 Å². The van der Waals surface area contributed by atoms with E-state index < -0.39 is 5.97 Å². The number of hydrogen-bond donors (Lipinski definition) is 2. The van der Waals surface area contributed by atoms with Gasteiger partial charge in [0.1, 0.15) is 18.2 Å². The minimum Gasteiger partial charge on any atom is -0.481 e. The van der Waals surface area contributed by atoms with Gasteiger partial charge in [0.2, 0.25) is 5.91 Å². The van der Waals surface area contributed by atoms with Crippen molar-refractivity contribution in [2.75, 3.05) is 13.2 Å². The van der Waals surface area contributed by atoms with Crippen molar-refractivity contribution < 1.29 is 24.2 Å². The second-order valence-electron chi connectivity index (χ2n) is 6.54. The molecular weight excluding hydrogens is 354 g/mol. The Bertz CT molecular complexity index is 826. The van der Waals surface area contributed by atoms with Crippen molar-refractivity contribution in [3.63, 3.8) is 0 Å². The van der Waals surface area contributed by atoms with E-state index in [4.69, 9.17) is 14.6 Å². The average Bonchev–Trinajstić information content (AvgIpc) is 3.38. The maximum atomic E-state index is 11.9. The molecule has 0 bridgehead atoms. The molecule has 1 aromatic heterocycles. The summed E-state index contributed by atoms with van der Waals surface area (Å²) in [7, 11) is 0. The Kier molecular flexibility index (Phi) is 4.82. The van der Waals surface area contributed by atoms with Crippen LogP contribution in [0.1, 0.15) is 18.9 Å². The van der Waals surface area contributed by atoms with Crippen molar-refractivity contribution in [3.05, 3.63) is 30.3 Å². The number of aliphatic carboxylic acids is 1. The zero-order chi connectivity index (χ0) is 18.8. The fourth-order valence-corrected chi connectivity index (χ4v) is 3.51. The maximum absolute atomic E-state index is 11.9. The zero-order valence-corrected chi connectivity index (χ0v) is 14.4. The number of aromatic nitrogens is 4. The molecule has 27 heavy (non-hydrogen) atoms. The molecule has 0 saturated carbocycles. The molecule has 2 aliphatic rings. The van der Waals surface area contributed by atoms with Crippen molar-refractivity contribution in [3.8, 4) is 11.4 Å². The van der Waals surface area contributed by atoms with E-state index >= 15 is 0 Å². The maximum Gasteiger partial charge on any atom is 0.303 e. The fraction of sp³-hybridized carbons (Fsp3) is 0.471. The standard InChI is InChI=1S/C17H19N5O5/c23-13(6-7-14(24)25)18-11-8-26-16-12(9-27-15(11)16)22-17(19-20-21-22)10-4-2-1-3-5-10/h1-5,11-12,15-16H,6-9H2,(H,18,23)(H,24,25)/t11-,12-,15+,16+/m0/s1. The van der Waals surface area contributed by atoms with Gasteiger partial charge in [0.25, 0.3) is 0 Å². The van der Waals surface area contributed by atoms with E-state index in [-0.39, 0.29) is 43.0 Å². The molecule has 0 radical (unpaired) electrons. The lowest BCUT2D eigenvalue weighted by Crippen LogP contribution is -2.44. The zero-order valence-electron chi connectivity index (χ0n) is 14.4. The van der Waals surface area contributed by atoms with Crippen LogP contribution in [-0.4, -0.2) is 68.7 Å². The Morgan fingerprint density at radius 2 is 1.93 bits per heavy atom. The van der Waals surface area contributed by atoms with Crippen LogP contribution in [0.4, 0.5) is 0 Å². The first-order chi connectivity index (χ1) is 13.1. The van der Waals surface area contributed by atoms with Crippen molar-refractivity contribution in [1.29, 1.82) is 0 Å². The van der Waals surface area contributed by atoms with Gasteiger partial charge in [-0.1, -0.05) is 30.3 Å². The Hall–Kier alpha value is -2.85. The van der Waals surface area contributed by atoms with Gasteiger partial charge in [-0.15, -0.1) is 5.10 Å². The van der Waals surface area contributed by atoms with Crippen LogP contribution in [0, 0.1) is 0 Å². The van der Waals surface area contributed by atoms with E-state index in [1.165, 1.54) is 0 Å². The van der Waals surface area contributed by atoms with Gasteiger partial charge in [-0.05, 0) is 10.4 Å². The van der Waals surface area contributed by atoms with Gasteiger partial charge in [-0.3, -0.25) is 9.59 Å². The summed E-state index contributed by atoms with van der Waals surface area (Å²) in [4.78, 5) is 22.5. The summed E-state index contributed by atoms with van der Waals surface area (Å²) in [5, 5.41) is 23.5. The van der Waals surface area contributed by atoms with Gasteiger partial charge in [0.15, 0.2) is 5.82 Å². The van der Waals surface area contributed by atoms with Crippen molar-refractivity contribution >= 4 is 11.9 Å². The molecular formula is C17H19N5O5. The lowest BCUT2D eigenvalue weighted by Gasteiger charge is -2.18. The highest BCUT2D eigenvalue weighted by atomic mass is 16.6. The number of hydrogen-bond acceptors (Lipinski definition) is 7. The number of carboxylic acid groups (broad SMARTS) is 1. The molecule has 4 atom stereocenters. The van der Waals surface area contributed by atoms with E-state index in [0.717, 1.165) is 5.56 Å². The Morgan fingerprint density at radius 1 is 1.15 bits per heavy atom. The predicted molar refractivity (Wildman–Crippen MR) is 90.6 cm³/mol. The van der Waals surface area contributed by atoms with Gasteiger partial charge in [-0.2, -0.15) is 0 Å². The highest BCUT2D eigenvalue weighted by Crippen LogP contribution is 2.35. The van der Waals surface area contributed by atoms with Crippen molar-refractivity contribution in [1.82, 2.24) is 25.5 Å². The number of ether oxygens (including phenoxy) is 2. The van der Waals surface area contributed by atoms with E-state index in [1.54, 1.807) is 4.68 Å². The number of nitrogens with one attached hydrogen (secondary N) is 1. The molecule has 1 amide bonds. The lowest BCUT2D eigenvalue weighted by molar-refractivity contribution is -0.139. The van der Waals surface area contributed by atoms with Gasteiger partial charge in [0.05, 0.1) is 25.7 Å². The highest BCUT2D eigenvalue weighted by Gasteiger charge is 2.50. The van der Waals surface area contributed by atoms with Crippen LogP contribution in [0.15, 0.2) is 30.3 Å². The van der Waals surface area contributed by atoms with E-state index in [9.17, 15) is 9.59 Å². The SMILES string of the molecule is O=C(O)CCC(=O)N[C@H]1CO[C@H]2[C@@H]1OC[C@@H]2n1nnnc1-c1ccccc1. The number of fused-ring (bicyclic) bond motifs is 1. The normalized spacial score (nSPS) is 26.7. The fourth-order valence-electron chi connectivity index (χ4n) is 3.51. The summed E-state index contributed by atoms with van der Waals surface area (Å²) in [6.45, 7) is 0.662. The summed E-state index contributed by atoms with van der Waals surface area (Å²) in [5.74, 6) is -0.705. The van der Waals surface area contributed by atoms with Gasteiger partial charge < -0.3 is 19.9 Å². The minimum absolute atomic E-state index is 0.0716. The molecule has 3 heterocycles. The number of amides is 1. The van der Waals surface area contributed by atoms with Crippen LogP contribution in [0.2, 0.25) is 0 Å². The quantitative estimate of drug-likeness (QED) is 0.726. The molecule has 10 nitrogen and oxygen atoms in total. The summed E-state index contributed by atoms with van der Waals surface area (Å²) in [6, 6.07) is 9.07. The first kappa shape index (κ1) is 17.6. The lowest BCUT2D eigenvalue weighted by atomic mass is 10.1. The third-order valence-electron chi connectivity index (χ3n) is 4.78. The molecule has 142 valence electrons. The van der Waals surface area contributed by atoms with Crippen LogP contribution in [-0.2, 0) is 19.1 Å². The van der Waals surface area contributed by atoms with Gasteiger partial charge in [-0.25, -0.2) is 4.68 Å². The Labute approximate surface area is 154 Å². The third kappa shape index (κ3) is 3.53. The first-order valence-electron chi connectivity index (χ1n) is 8.71. The summed E-state index contributed by atoms with van der Waals surface area (Å²) in [6.07, 6.45) is -0.892. The van der Waals surface area contributed by atoms with E-state index in [0.29, 0.717) is 19.0 Å². The predicted octanol–water partition coefficient (Wildman–Crippen LogP) is 0.0284. The summed E-state index contributed by atoms with van der Waals surface area (Å²) < 4.78 is 13.4. The van der Waals surface area contributed by atoms with Crippen LogP contribution in [0.3, 0.4) is 0 Å². The largest absolute Gasteiger partial charge is 0.481 e. The topological polar surface area (TPSA) is 128 Å². The third-order valence-corrected chi connectivity index (χ3v) is 4.78. The highest BCUT2D eigenvalue weighted by molar-refractivity contribution is 5.80. The summed E-state index contributed by atoms with van der Waals surface area (Å²) in [5.41, 5.74) is 0.891. The number of carbonyl (C=O) groups is 2. The molecule has 1 aromatic carbocycles. The molecule has 0 spiro atoms. The second kappa shape index (κ2) is 7.41. The van der Waals surface area contributed by atoms with Crippen LogP contribution in [0.5, 0.6) is 0 Å². The number of rotatable bonds is 6.